The highest BCUT2D eigenvalue weighted by Crippen LogP contribution is 2.26. The Morgan fingerprint density at radius 1 is 1.00 bits per heavy atom. The minimum Gasteiger partial charge on any atom is -0.354 e. The maximum Gasteiger partial charge on any atom is 0.234 e. The highest BCUT2D eigenvalue weighted by molar-refractivity contribution is 7.99. The number of nitrogens with zero attached hydrogens (tertiary/aromatic N) is 4. The molecule has 0 aliphatic rings. The zero-order chi connectivity index (χ0) is 23.3. The van der Waals surface area contributed by atoms with Gasteiger partial charge < -0.3 is 15.2 Å². The fraction of sp³-hybridized carbons (Fsp3) is 0.120. The largest absolute Gasteiger partial charge is 0.354 e. The van der Waals surface area contributed by atoms with Crippen molar-refractivity contribution >= 4 is 50.6 Å². The maximum atomic E-state index is 12.6. The van der Waals surface area contributed by atoms with Crippen LogP contribution >= 0.6 is 23.1 Å². The summed E-state index contributed by atoms with van der Waals surface area (Å²) in [4.78, 5) is 17.2. The first-order chi connectivity index (χ1) is 16.7. The Bertz CT molecular complexity index is 1420. The van der Waals surface area contributed by atoms with E-state index >= 15 is 0 Å². The first-order valence-corrected chi connectivity index (χ1v) is 12.6. The fourth-order valence-electron chi connectivity index (χ4n) is 3.53. The van der Waals surface area contributed by atoms with E-state index in [-0.39, 0.29) is 11.7 Å². The van der Waals surface area contributed by atoms with E-state index in [9.17, 15) is 4.79 Å². The molecule has 0 fully saturated rings. The van der Waals surface area contributed by atoms with E-state index in [0.717, 1.165) is 38.7 Å². The molecule has 0 aliphatic carbocycles. The van der Waals surface area contributed by atoms with E-state index in [4.69, 9.17) is 0 Å². The Hall–Kier alpha value is -3.69. The summed E-state index contributed by atoms with van der Waals surface area (Å²) in [6.07, 6.45) is 0. The number of rotatable bonds is 8. The minimum atomic E-state index is -0.0831. The molecule has 2 aromatic heterocycles. The molecule has 2 heterocycles. The lowest BCUT2D eigenvalue weighted by molar-refractivity contribution is -0.113. The van der Waals surface area contributed by atoms with Crippen molar-refractivity contribution in [2.45, 2.75) is 11.7 Å². The molecular formula is C25H22N6OS2. The number of hydrogen-bond acceptors (Lipinski definition) is 7. The summed E-state index contributed by atoms with van der Waals surface area (Å²) in [5.74, 6) is 0.934. The lowest BCUT2D eigenvalue weighted by Gasteiger charge is -2.08. The second-order valence-electron chi connectivity index (χ2n) is 7.58. The Morgan fingerprint density at radius 2 is 1.79 bits per heavy atom. The zero-order valence-corrected chi connectivity index (χ0v) is 20.1. The minimum absolute atomic E-state index is 0.0831. The van der Waals surface area contributed by atoms with Crippen molar-refractivity contribution in [1.82, 2.24) is 19.7 Å². The van der Waals surface area contributed by atoms with Gasteiger partial charge in [0.1, 0.15) is 0 Å². The normalized spacial score (nSPS) is 11.0. The summed E-state index contributed by atoms with van der Waals surface area (Å²) in [5.41, 5.74) is 2.84. The van der Waals surface area contributed by atoms with Crippen LogP contribution in [0.15, 0.2) is 83.3 Å². The molecule has 0 saturated carbocycles. The molecular weight excluding hydrogens is 464 g/mol. The standard InChI is InChI=1S/C25H22N6OS2/c1-31-22(14-26-24-28-21(15-33-24)18-9-3-2-4-10-18)29-30-25(31)34-16-23(32)27-20-13-7-11-17-8-5-6-12-19(17)20/h2-13,15H,14,16H2,1H3,(H,26,28)(H,27,32). The van der Waals surface area contributed by atoms with Gasteiger partial charge in [0, 0.05) is 29.1 Å². The number of nitrogens with one attached hydrogen (secondary N) is 2. The van der Waals surface area contributed by atoms with Gasteiger partial charge in [0.15, 0.2) is 16.1 Å². The summed E-state index contributed by atoms with van der Waals surface area (Å²) in [7, 11) is 1.90. The van der Waals surface area contributed by atoms with E-state index in [1.807, 2.05) is 89.8 Å². The number of fused-ring (bicyclic) bond motifs is 1. The smallest absolute Gasteiger partial charge is 0.234 e. The zero-order valence-electron chi connectivity index (χ0n) is 18.4. The molecule has 170 valence electrons. The number of benzene rings is 3. The SMILES string of the molecule is Cn1c(CNc2nc(-c3ccccc3)cs2)nnc1SCC(=O)Nc1cccc2ccccc12. The molecule has 0 saturated heterocycles. The molecule has 7 nitrogen and oxygen atoms in total. The second kappa shape index (κ2) is 10.1. The van der Waals surface area contributed by atoms with E-state index in [1.165, 1.54) is 11.8 Å². The van der Waals surface area contributed by atoms with Gasteiger partial charge in [-0.25, -0.2) is 4.98 Å². The Morgan fingerprint density at radius 3 is 2.68 bits per heavy atom. The van der Waals surface area contributed by atoms with Crippen LogP contribution in [0, 0.1) is 0 Å². The van der Waals surface area contributed by atoms with Crippen LogP contribution < -0.4 is 10.6 Å². The lowest BCUT2D eigenvalue weighted by Crippen LogP contribution is -2.15. The molecule has 3 aromatic carbocycles. The molecule has 1 amide bonds. The Labute approximate surface area is 205 Å². The Balaban J connectivity index is 1.17. The van der Waals surface area contributed by atoms with Crippen molar-refractivity contribution in [3.8, 4) is 11.3 Å². The summed E-state index contributed by atoms with van der Waals surface area (Å²) in [6, 6.07) is 24.0. The van der Waals surface area contributed by atoms with Gasteiger partial charge >= 0.3 is 0 Å². The molecule has 0 atom stereocenters. The van der Waals surface area contributed by atoms with Gasteiger partial charge in [-0.3, -0.25) is 4.79 Å². The predicted molar refractivity (Wildman–Crippen MR) is 139 cm³/mol. The van der Waals surface area contributed by atoms with Gasteiger partial charge in [-0.2, -0.15) is 0 Å². The van der Waals surface area contributed by atoms with E-state index in [0.29, 0.717) is 11.7 Å². The topological polar surface area (TPSA) is 84.7 Å². The summed E-state index contributed by atoms with van der Waals surface area (Å²) in [6.45, 7) is 0.494. The van der Waals surface area contributed by atoms with Crippen LogP contribution in [-0.4, -0.2) is 31.4 Å². The van der Waals surface area contributed by atoms with Gasteiger partial charge in [-0.1, -0.05) is 78.5 Å². The van der Waals surface area contributed by atoms with Crippen LogP contribution in [0.25, 0.3) is 22.0 Å². The van der Waals surface area contributed by atoms with Gasteiger partial charge in [0.2, 0.25) is 5.91 Å². The van der Waals surface area contributed by atoms with Crippen molar-refractivity contribution in [1.29, 1.82) is 0 Å². The van der Waals surface area contributed by atoms with E-state index in [2.05, 4.69) is 25.8 Å². The number of thiazole rings is 1. The molecule has 34 heavy (non-hydrogen) atoms. The molecule has 9 heteroatoms. The molecule has 0 radical (unpaired) electrons. The number of thioether (sulfide) groups is 1. The number of carbonyl (C=O) groups excluding carboxylic acids is 1. The van der Waals surface area contributed by atoms with Crippen molar-refractivity contribution in [2.75, 3.05) is 16.4 Å². The fourth-order valence-corrected chi connectivity index (χ4v) is 4.98. The summed E-state index contributed by atoms with van der Waals surface area (Å²) < 4.78 is 1.90. The molecule has 0 bridgehead atoms. The van der Waals surface area contributed by atoms with Gasteiger partial charge in [-0.15, -0.1) is 21.5 Å². The second-order valence-corrected chi connectivity index (χ2v) is 9.38. The van der Waals surface area contributed by atoms with Crippen molar-refractivity contribution in [2.24, 2.45) is 7.05 Å². The third kappa shape index (κ3) is 4.95. The van der Waals surface area contributed by atoms with Crippen LogP contribution in [0.1, 0.15) is 5.82 Å². The first kappa shape index (κ1) is 22.1. The molecule has 5 aromatic rings. The molecule has 0 aliphatic heterocycles. The first-order valence-electron chi connectivity index (χ1n) is 10.7. The molecule has 0 unspecified atom stereocenters. The van der Waals surface area contributed by atoms with Crippen LogP contribution in [0.2, 0.25) is 0 Å². The third-order valence-corrected chi connectivity index (χ3v) is 7.11. The number of amides is 1. The number of carbonyl (C=O) groups is 1. The van der Waals surface area contributed by atoms with Gasteiger partial charge in [0.25, 0.3) is 0 Å². The van der Waals surface area contributed by atoms with Gasteiger partial charge in [0.05, 0.1) is 18.0 Å². The Kier molecular flexibility index (Phi) is 6.55. The van der Waals surface area contributed by atoms with Gasteiger partial charge in [-0.05, 0) is 11.5 Å². The predicted octanol–water partition coefficient (Wildman–Crippen LogP) is 5.43. The van der Waals surface area contributed by atoms with Crippen molar-refractivity contribution in [3.05, 3.63) is 84.0 Å². The van der Waals surface area contributed by atoms with Crippen LogP contribution in [0.5, 0.6) is 0 Å². The average Bonchev–Trinajstić information content (AvgIpc) is 3.49. The van der Waals surface area contributed by atoms with Crippen molar-refractivity contribution < 1.29 is 4.79 Å². The van der Waals surface area contributed by atoms with Crippen molar-refractivity contribution in [3.63, 3.8) is 0 Å². The molecule has 2 N–H and O–H groups in total. The summed E-state index contributed by atoms with van der Waals surface area (Å²) in [5, 5.41) is 20.5. The number of anilines is 2. The van der Waals surface area contributed by atoms with Crippen LogP contribution in [0.4, 0.5) is 10.8 Å². The van der Waals surface area contributed by atoms with E-state index < -0.39 is 0 Å². The van der Waals surface area contributed by atoms with Crippen LogP contribution in [0.3, 0.4) is 0 Å². The number of hydrogen-bond donors (Lipinski definition) is 2. The lowest BCUT2D eigenvalue weighted by atomic mass is 10.1. The average molecular weight is 487 g/mol. The molecule has 0 spiro atoms. The quantitative estimate of drug-likeness (QED) is 0.284. The van der Waals surface area contributed by atoms with E-state index in [1.54, 1.807) is 11.3 Å². The maximum absolute atomic E-state index is 12.6. The van der Waals surface area contributed by atoms with Crippen LogP contribution in [-0.2, 0) is 18.4 Å². The number of aromatic nitrogens is 4. The summed E-state index contributed by atoms with van der Waals surface area (Å²) >= 11 is 2.91. The highest BCUT2D eigenvalue weighted by Gasteiger charge is 2.13. The monoisotopic (exact) mass is 486 g/mol. The third-order valence-electron chi connectivity index (χ3n) is 5.29. The highest BCUT2D eigenvalue weighted by atomic mass is 32.2. The molecule has 5 rings (SSSR count).